The second-order valence-corrected chi connectivity index (χ2v) is 5.35. The van der Waals surface area contributed by atoms with Crippen LogP contribution >= 0.6 is 0 Å². The molecule has 2 aromatic rings. The van der Waals surface area contributed by atoms with Gasteiger partial charge in [0.2, 0.25) is 0 Å². The van der Waals surface area contributed by atoms with Gasteiger partial charge in [0, 0.05) is 23.5 Å². The Morgan fingerprint density at radius 2 is 2.17 bits per heavy atom. The first-order valence-electron chi connectivity index (χ1n) is 7.57. The van der Waals surface area contributed by atoms with Crippen LogP contribution < -0.4 is 0 Å². The molecule has 0 radical (unpaired) electrons. The predicted molar refractivity (Wildman–Crippen MR) is 89.8 cm³/mol. The lowest BCUT2D eigenvalue weighted by molar-refractivity contribution is -0.138. The summed E-state index contributed by atoms with van der Waals surface area (Å²) in [5.41, 5.74) is 3.97. The minimum absolute atomic E-state index is 0.315. The van der Waals surface area contributed by atoms with Gasteiger partial charge < -0.3 is 9.84 Å². The number of hydrogen-bond donors (Lipinski definition) is 1. The molecular formula is C19H21NO3. The van der Waals surface area contributed by atoms with Crippen molar-refractivity contribution in [3.05, 3.63) is 70.6 Å². The van der Waals surface area contributed by atoms with E-state index in [1.807, 2.05) is 31.2 Å². The number of aliphatic hydroxyl groups is 1. The zero-order chi connectivity index (χ0) is 16.8. The van der Waals surface area contributed by atoms with Crippen molar-refractivity contribution < 1.29 is 14.6 Å². The molecule has 0 fully saturated rings. The minimum atomic E-state index is -0.715. The van der Waals surface area contributed by atoms with Crippen LogP contribution in [0, 0.1) is 6.92 Å². The number of aliphatic hydroxyl groups excluding tert-OH is 1. The topological polar surface area (TPSA) is 59.4 Å². The summed E-state index contributed by atoms with van der Waals surface area (Å²) in [6.07, 6.45) is 4.40. The van der Waals surface area contributed by atoms with E-state index in [2.05, 4.69) is 4.98 Å². The maximum Gasteiger partial charge on any atom is 0.333 e. The number of pyridine rings is 1. The van der Waals surface area contributed by atoms with E-state index in [-0.39, 0.29) is 5.97 Å². The lowest BCUT2D eigenvalue weighted by Crippen LogP contribution is -2.05. The smallest absolute Gasteiger partial charge is 0.333 e. The van der Waals surface area contributed by atoms with Gasteiger partial charge in [-0.25, -0.2) is 4.79 Å². The van der Waals surface area contributed by atoms with Crippen LogP contribution in [0.3, 0.4) is 0 Å². The van der Waals surface area contributed by atoms with E-state index in [0.29, 0.717) is 12.2 Å². The molecular weight excluding hydrogens is 290 g/mol. The third kappa shape index (κ3) is 4.27. The van der Waals surface area contributed by atoms with E-state index in [4.69, 9.17) is 4.74 Å². The summed E-state index contributed by atoms with van der Waals surface area (Å²) < 4.78 is 4.97. The lowest BCUT2D eigenvalue weighted by Gasteiger charge is -2.14. The lowest BCUT2D eigenvalue weighted by atomic mass is 9.96. The fraction of sp³-hybridized carbons (Fsp3) is 0.263. The second kappa shape index (κ2) is 7.70. The highest BCUT2D eigenvalue weighted by Gasteiger charge is 2.13. The first-order valence-corrected chi connectivity index (χ1v) is 7.57. The van der Waals surface area contributed by atoms with Gasteiger partial charge in [-0.1, -0.05) is 24.3 Å². The van der Waals surface area contributed by atoms with Gasteiger partial charge in [0.1, 0.15) is 6.10 Å². The molecule has 1 atom stereocenters. The predicted octanol–water partition coefficient (Wildman–Crippen LogP) is 3.44. The van der Waals surface area contributed by atoms with Crippen molar-refractivity contribution in [3.63, 3.8) is 0 Å². The van der Waals surface area contributed by atoms with Gasteiger partial charge in [-0.3, -0.25) is 4.98 Å². The quantitative estimate of drug-likeness (QED) is 0.679. The molecule has 1 aromatic heterocycles. The average molecular weight is 311 g/mol. The largest absolute Gasteiger partial charge is 0.463 e. The molecule has 1 heterocycles. The van der Waals surface area contributed by atoms with Crippen molar-refractivity contribution in [2.75, 3.05) is 6.61 Å². The first-order chi connectivity index (χ1) is 11.0. The van der Waals surface area contributed by atoms with Crippen LogP contribution in [0.2, 0.25) is 0 Å². The van der Waals surface area contributed by atoms with E-state index in [1.165, 1.54) is 0 Å². The maximum atomic E-state index is 11.7. The van der Waals surface area contributed by atoms with E-state index < -0.39 is 6.10 Å². The van der Waals surface area contributed by atoms with Crippen LogP contribution in [0.5, 0.6) is 0 Å². The number of hydrogen-bond acceptors (Lipinski definition) is 4. The van der Waals surface area contributed by atoms with Gasteiger partial charge in [-0.05, 0) is 49.6 Å². The molecule has 0 saturated heterocycles. The number of benzene rings is 1. The van der Waals surface area contributed by atoms with Gasteiger partial charge in [0.05, 0.1) is 6.61 Å². The molecule has 0 bridgehead atoms. The van der Waals surface area contributed by atoms with E-state index in [0.717, 1.165) is 22.3 Å². The van der Waals surface area contributed by atoms with Gasteiger partial charge in [0.15, 0.2) is 0 Å². The highest BCUT2D eigenvalue weighted by Crippen LogP contribution is 2.25. The molecule has 1 N–H and O–H groups in total. The van der Waals surface area contributed by atoms with Crippen molar-refractivity contribution in [2.24, 2.45) is 0 Å². The van der Waals surface area contributed by atoms with Crippen molar-refractivity contribution in [1.82, 2.24) is 4.98 Å². The number of carbonyl (C=O) groups is 1. The number of nitrogens with zero attached hydrogens (tertiary/aromatic N) is 1. The highest BCUT2D eigenvalue weighted by atomic mass is 16.5. The summed E-state index contributed by atoms with van der Waals surface area (Å²) in [5.74, 6) is -0.315. The highest BCUT2D eigenvalue weighted by molar-refractivity contribution is 5.93. The molecule has 0 spiro atoms. The zero-order valence-corrected chi connectivity index (χ0v) is 13.6. The summed E-state index contributed by atoms with van der Waals surface area (Å²) in [5, 5.41) is 10.5. The molecule has 120 valence electrons. The van der Waals surface area contributed by atoms with E-state index in [1.54, 1.807) is 38.4 Å². The van der Waals surface area contributed by atoms with Crippen molar-refractivity contribution in [2.45, 2.75) is 26.9 Å². The van der Waals surface area contributed by atoms with Gasteiger partial charge in [-0.15, -0.1) is 0 Å². The van der Waals surface area contributed by atoms with Crippen LogP contribution in [0.1, 0.15) is 42.2 Å². The molecule has 0 aliphatic rings. The fourth-order valence-electron chi connectivity index (χ4n) is 2.37. The summed E-state index contributed by atoms with van der Waals surface area (Å²) >= 11 is 0. The van der Waals surface area contributed by atoms with Crippen LogP contribution in [0.15, 0.2) is 48.3 Å². The van der Waals surface area contributed by atoms with Crippen molar-refractivity contribution >= 4 is 12.0 Å². The molecule has 0 saturated carbocycles. The molecule has 0 aliphatic heterocycles. The van der Waals surface area contributed by atoms with Crippen molar-refractivity contribution in [1.29, 1.82) is 0 Å². The van der Waals surface area contributed by atoms with Gasteiger partial charge in [0.25, 0.3) is 0 Å². The average Bonchev–Trinajstić information content (AvgIpc) is 2.55. The Labute approximate surface area is 136 Å². The summed E-state index contributed by atoms with van der Waals surface area (Å²) in [6.45, 7) is 5.81. The summed E-state index contributed by atoms with van der Waals surface area (Å²) in [7, 11) is 0. The SMILES string of the molecule is CCOC(=O)/C(C)=C/c1ccc(C(O)c2cccnc2)c(C)c1. The minimum Gasteiger partial charge on any atom is -0.463 e. The molecule has 2 rings (SSSR count). The number of esters is 1. The molecule has 1 unspecified atom stereocenters. The third-order valence-corrected chi connectivity index (χ3v) is 3.57. The molecule has 23 heavy (non-hydrogen) atoms. The Morgan fingerprint density at radius 3 is 2.78 bits per heavy atom. The Morgan fingerprint density at radius 1 is 1.39 bits per heavy atom. The molecule has 1 aromatic carbocycles. The molecule has 0 amide bonds. The van der Waals surface area contributed by atoms with Gasteiger partial charge in [-0.2, -0.15) is 0 Å². The summed E-state index contributed by atoms with van der Waals surface area (Å²) in [4.78, 5) is 15.7. The number of rotatable bonds is 5. The van der Waals surface area contributed by atoms with Gasteiger partial charge >= 0.3 is 5.97 Å². The molecule has 4 heteroatoms. The summed E-state index contributed by atoms with van der Waals surface area (Å²) in [6, 6.07) is 9.34. The first kappa shape index (κ1) is 16.9. The molecule has 4 nitrogen and oxygen atoms in total. The zero-order valence-electron chi connectivity index (χ0n) is 13.6. The van der Waals surface area contributed by atoms with Crippen LogP contribution in [0.25, 0.3) is 6.08 Å². The number of aryl methyl sites for hydroxylation is 1. The fourth-order valence-corrected chi connectivity index (χ4v) is 2.37. The number of aromatic nitrogens is 1. The molecule has 0 aliphatic carbocycles. The Balaban J connectivity index is 2.24. The second-order valence-electron chi connectivity index (χ2n) is 5.35. The number of ether oxygens (including phenoxy) is 1. The van der Waals surface area contributed by atoms with E-state index in [9.17, 15) is 9.90 Å². The third-order valence-electron chi connectivity index (χ3n) is 3.57. The Bertz CT molecular complexity index is 708. The van der Waals surface area contributed by atoms with Crippen LogP contribution in [-0.2, 0) is 9.53 Å². The van der Waals surface area contributed by atoms with Crippen LogP contribution in [-0.4, -0.2) is 22.7 Å². The van der Waals surface area contributed by atoms with E-state index >= 15 is 0 Å². The Hall–Kier alpha value is -2.46. The normalized spacial score (nSPS) is 12.8. The standard InChI is InChI=1S/C19H21NO3/c1-4-23-19(22)14(3)11-15-7-8-17(13(2)10-15)18(21)16-6-5-9-20-12-16/h5-12,18,21H,4H2,1-3H3/b14-11+. The number of carbonyl (C=O) groups excluding carboxylic acids is 1. The maximum absolute atomic E-state index is 11.7. The Kier molecular flexibility index (Phi) is 5.66. The van der Waals surface area contributed by atoms with Crippen molar-refractivity contribution in [3.8, 4) is 0 Å². The monoisotopic (exact) mass is 311 g/mol. The van der Waals surface area contributed by atoms with Crippen LogP contribution in [0.4, 0.5) is 0 Å².